The fraction of sp³-hybridized carbons (Fsp3) is 0.227. The molecule has 0 fully saturated rings. The average Bonchev–Trinajstić information content (AvgIpc) is 3.30. The molecule has 0 bridgehead atoms. The minimum atomic E-state index is 0.631. The van der Waals surface area contributed by atoms with Crippen LogP contribution in [0.3, 0.4) is 0 Å². The molecule has 7 nitrogen and oxygen atoms in total. The second kappa shape index (κ2) is 7.43. The number of benzene rings is 2. The standard InChI is InChI=1S/C22H24N6O/c1-14-6-7-15(2)18(10-14)24-22-25-21(26-27(22)4)17-8-9-19(20(11-17)29-5)28-12-16(3)23-13-28/h6-13H,1-5H3,(H,24,25,26). The maximum absolute atomic E-state index is 5.61. The zero-order chi connectivity index (χ0) is 20.5. The predicted molar refractivity (Wildman–Crippen MR) is 114 cm³/mol. The number of nitrogens with zero attached hydrogens (tertiary/aromatic N) is 5. The van der Waals surface area contributed by atoms with Crippen LogP contribution in [0, 0.1) is 20.8 Å². The van der Waals surface area contributed by atoms with E-state index in [4.69, 9.17) is 9.72 Å². The molecule has 0 saturated heterocycles. The first kappa shape index (κ1) is 18.7. The number of hydrogen-bond acceptors (Lipinski definition) is 5. The third-order valence-electron chi connectivity index (χ3n) is 4.83. The van der Waals surface area contributed by atoms with Crippen LogP contribution in [0.5, 0.6) is 5.75 Å². The van der Waals surface area contributed by atoms with Crippen molar-refractivity contribution >= 4 is 11.6 Å². The summed E-state index contributed by atoms with van der Waals surface area (Å²) < 4.78 is 9.29. The molecule has 0 aliphatic carbocycles. The maximum Gasteiger partial charge on any atom is 0.225 e. The number of anilines is 2. The van der Waals surface area contributed by atoms with E-state index in [1.54, 1.807) is 18.1 Å². The van der Waals surface area contributed by atoms with E-state index >= 15 is 0 Å². The van der Waals surface area contributed by atoms with Crippen LogP contribution < -0.4 is 10.1 Å². The van der Waals surface area contributed by atoms with E-state index in [-0.39, 0.29) is 0 Å². The summed E-state index contributed by atoms with van der Waals surface area (Å²) in [7, 11) is 3.54. The highest BCUT2D eigenvalue weighted by molar-refractivity contribution is 5.66. The fourth-order valence-electron chi connectivity index (χ4n) is 3.19. The molecule has 148 valence electrons. The van der Waals surface area contributed by atoms with Gasteiger partial charge < -0.3 is 14.6 Å². The molecule has 0 saturated carbocycles. The summed E-state index contributed by atoms with van der Waals surface area (Å²) in [5.41, 5.74) is 6.12. The van der Waals surface area contributed by atoms with Crippen LogP contribution in [0.2, 0.25) is 0 Å². The number of rotatable bonds is 5. The monoisotopic (exact) mass is 388 g/mol. The number of hydrogen-bond donors (Lipinski definition) is 1. The Labute approximate surface area is 170 Å². The van der Waals surface area contributed by atoms with Gasteiger partial charge in [0.2, 0.25) is 5.95 Å². The van der Waals surface area contributed by atoms with Crippen LogP contribution in [-0.4, -0.2) is 31.4 Å². The Hall–Kier alpha value is -3.61. The molecule has 2 aromatic carbocycles. The number of aromatic nitrogens is 5. The average molecular weight is 388 g/mol. The molecule has 4 rings (SSSR count). The smallest absolute Gasteiger partial charge is 0.225 e. The Morgan fingerprint density at radius 2 is 1.86 bits per heavy atom. The molecule has 7 heteroatoms. The molecule has 1 N–H and O–H groups in total. The number of aryl methyl sites for hydroxylation is 4. The molecule has 2 aromatic heterocycles. The molecule has 0 aliphatic rings. The highest BCUT2D eigenvalue weighted by atomic mass is 16.5. The number of imidazole rings is 1. The number of nitrogens with one attached hydrogen (secondary N) is 1. The molecule has 0 amide bonds. The van der Waals surface area contributed by atoms with Crippen LogP contribution in [0.15, 0.2) is 48.9 Å². The predicted octanol–water partition coefficient (Wildman–Crippen LogP) is 4.35. The largest absolute Gasteiger partial charge is 0.495 e. The van der Waals surface area contributed by atoms with Gasteiger partial charge in [0.15, 0.2) is 5.82 Å². The molecule has 0 spiro atoms. The van der Waals surface area contributed by atoms with E-state index in [1.165, 1.54) is 5.56 Å². The van der Waals surface area contributed by atoms with Gasteiger partial charge in [0.05, 0.1) is 24.8 Å². The van der Waals surface area contributed by atoms with Crippen molar-refractivity contribution < 1.29 is 4.74 Å². The van der Waals surface area contributed by atoms with Crippen molar-refractivity contribution in [1.82, 2.24) is 24.3 Å². The normalized spacial score (nSPS) is 10.9. The van der Waals surface area contributed by atoms with Gasteiger partial charge in [-0.15, -0.1) is 5.10 Å². The van der Waals surface area contributed by atoms with Gasteiger partial charge in [-0.05, 0) is 56.2 Å². The van der Waals surface area contributed by atoms with Gasteiger partial charge in [-0.2, -0.15) is 4.98 Å². The summed E-state index contributed by atoms with van der Waals surface area (Å²) in [5.74, 6) is 2.05. The molecule has 0 aliphatic heterocycles. The lowest BCUT2D eigenvalue weighted by Crippen LogP contribution is -2.01. The van der Waals surface area contributed by atoms with Gasteiger partial charge in [-0.1, -0.05) is 12.1 Å². The van der Waals surface area contributed by atoms with E-state index in [9.17, 15) is 0 Å². The summed E-state index contributed by atoms with van der Waals surface area (Å²) in [6.07, 6.45) is 3.74. The molecule has 4 aromatic rings. The molecule has 0 radical (unpaired) electrons. The highest BCUT2D eigenvalue weighted by Crippen LogP contribution is 2.29. The molecular weight excluding hydrogens is 364 g/mol. The van der Waals surface area contributed by atoms with E-state index < -0.39 is 0 Å². The van der Waals surface area contributed by atoms with Gasteiger partial charge in [0, 0.05) is 24.5 Å². The van der Waals surface area contributed by atoms with Crippen molar-refractivity contribution in [2.75, 3.05) is 12.4 Å². The minimum absolute atomic E-state index is 0.631. The second-order valence-corrected chi connectivity index (χ2v) is 7.13. The summed E-state index contributed by atoms with van der Waals surface area (Å²) in [5, 5.41) is 7.97. The van der Waals surface area contributed by atoms with Gasteiger partial charge in [-0.25, -0.2) is 9.67 Å². The Balaban J connectivity index is 1.67. The zero-order valence-corrected chi connectivity index (χ0v) is 17.3. The van der Waals surface area contributed by atoms with E-state index in [2.05, 4.69) is 47.4 Å². The van der Waals surface area contributed by atoms with E-state index in [0.29, 0.717) is 11.8 Å². The van der Waals surface area contributed by atoms with Crippen molar-refractivity contribution in [2.24, 2.45) is 7.05 Å². The third-order valence-corrected chi connectivity index (χ3v) is 4.83. The number of ether oxygens (including phenoxy) is 1. The van der Waals surface area contributed by atoms with E-state index in [0.717, 1.165) is 33.9 Å². The first-order valence-corrected chi connectivity index (χ1v) is 9.39. The molecular formula is C22H24N6O. The topological polar surface area (TPSA) is 69.8 Å². The molecule has 0 atom stereocenters. The third kappa shape index (κ3) is 3.71. The summed E-state index contributed by atoms with van der Waals surface area (Å²) in [4.78, 5) is 8.98. The van der Waals surface area contributed by atoms with Crippen molar-refractivity contribution in [3.05, 3.63) is 65.7 Å². The van der Waals surface area contributed by atoms with E-state index in [1.807, 2.05) is 42.9 Å². The first-order valence-electron chi connectivity index (χ1n) is 9.39. The van der Waals surface area contributed by atoms with Crippen molar-refractivity contribution in [1.29, 1.82) is 0 Å². The minimum Gasteiger partial charge on any atom is -0.495 e. The zero-order valence-electron chi connectivity index (χ0n) is 17.3. The molecule has 2 heterocycles. The fourth-order valence-corrected chi connectivity index (χ4v) is 3.19. The van der Waals surface area contributed by atoms with Gasteiger partial charge in [0.1, 0.15) is 5.75 Å². The van der Waals surface area contributed by atoms with Crippen LogP contribution in [0.1, 0.15) is 16.8 Å². The van der Waals surface area contributed by atoms with Crippen molar-refractivity contribution in [3.63, 3.8) is 0 Å². The van der Waals surface area contributed by atoms with Crippen molar-refractivity contribution in [3.8, 4) is 22.8 Å². The maximum atomic E-state index is 5.61. The van der Waals surface area contributed by atoms with Gasteiger partial charge in [0.25, 0.3) is 0 Å². The summed E-state index contributed by atoms with van der Waals surface area (Å²) >= 11 is 0. The molecule has 29 heavy (non-hydrogen) atoms. The Morgan fingerprint density at radius 1 is 1.03 bits per heavy atom. The van der Waals surface area contributed by atoms with Crippen LogP contribution >= 0.6 is 0 Å². The number of methoxy groups -OCH3 is 1. The first-order chi connectivity index (χ1) is 13.9. The van der Waals surface area contributed by atoms with Gasteiger partial charge >= 0.3 is 0 Å². The lowest BCUT2D eigenvalue weighted by molar-refractivity contribution is 0.413. The lowest BCUT2D eigenvalue weighted by Gasteiger charge is -2.10. The Morgan fingerprint density at radius 3 is 2.59 bits per heavy atom. The van der Waals surface area contributed by atoms with Gasteiger partial charge in [-0.3, -0.25) is 0 Å². The summed E-state index contributed by atoms with van der Waals surface area (Å²) in [6.45, 7) is 6.10. The quantitative estimate of drug-likeness (QED) is 0.551. The Kier molecular flexibility index (Phi) is 4.80. The Bertz CT molecular complexity index is 1170. The highest BCUT2D eigenvalue weighted by Gasteiger charge is 2.14. The summed E-state index contributed by atoms with van der Waals surface area (Å²) in [6, 6.07) is 12.2. The van der Waals surface area contributed by atoms with Crippen LogP contribution in [0.25, 0.3) is 17.1 Å². The van der Waals surface area contributed by atoms with Crippen LogP contribution in [0.4, 0.5) is 11.6 Å². The molecule has 0 unspecified atom stereocenters. The lowest BCUT2D eigenvalue weighted by atomic mass is 10.1. The SMILES string of the molecule is COc1cc(-c2nc(Nc3cc(C)ccc3C)n(C)n2)ccc1-n1cnc(C)c1. The van der Waals surface area contributed by atoms with Crippen LogP contribution in [-0.2, 0) is 7.05 Å². The van der Waals surface area contributed by atoms with Crippen molar-refractivity contribution in [2.45, 2.75) is 20.8 Å². The second-order valence-electron chi connectivity index (χ2n) is 7.13.